The number of hydrogen-bond donors (Lipinski definition) is 3. The molecule has 0 heterocycles. The van der Waals surface area contributed by atoms with Gasteiger partial charge in [-0.2, -0.15) is 0 Å². The van der Waals surface area contributed by atoms with Crippen molar-refractivity contribution in [1.82, 2.24) is 10.8 Å². The number of carbonyl (C=O) groups excluding carboxylic acids is 2. The lowest BCUT2D eigenvalue weighted by molar-refractivity contribution is -0.135. The van der Waals surface area contributed by atoms with Crippen molar-refractivity contribution in [2.75, 3.05) is 17.1 Å². The minimum atomic E-state index is -3.81. The number of amides is 2. The summed E-state index contributed by atoms with van der Waals surface area (Å²) in [5, 5.41) is 11.4. The van der Waals surface area contributed by atoms with Gasteiger partial charge >= 0.3 is 0 Å². The van der Waals surface area contributed by atoms with Crippen LogP contribution >= 0.6 is 0 Å². The van der Waals surface area contributed by atoms with Gasteiger partial charge in [0.15, 0.2) is 0 Å². The summed E-state index contributed by atoms with van der Waals surface area (Å²) in [4.78, 5) is 24.1. The topological polar surface area (TPSA) is 125 Å². The third kappa shape index (κ3) is 6.97. The molecule has 0 unspecified atom stereocenters. The van der Waals surface area contributed by atoms with E-state index in [4.69, 9.17) is 9.94 Å². The molecule has 2 aromatic carbocycles. The van der Waals surface area contributed by atoms with Gasteiger partial charge in [0.2, 0.25) is 15.9 Å². The second kappa shape index (κ2) is 10.3. The Balaban J connectivity index is 2.25. The van der Waals surface area contributed by atoms with Gasteiger partial charge < -0.3 is 10.1 Å². The molecule has 2 rings (SSSR count). The first-order valence-corrected chi connectivity index (χ1v) is 11.4. The first kappa shape index (κ1) is 24.2. The van der Waals surface area contributed by atoms with Crippen LogP contribution in [0.25, 0.3) is 0 Å². The summed E-state index contributed by atoms with van der Waals surface area (Å²) < 4.78 is 31.5. The number of rotatable bonds is 9. The number of carbonyl (C=O) groups is 2. The predicted molar refractivity (Wildman–Crippen MR) is 117 cm³/mol. The van der Waals surface area contributed by atoms with Crippen molar-refractivity contribution in [3.8, 4) is 11.5 Å². The lowest BCUT2D eigenvalue weighted by atomic mass is 10.1. The van der Waals surface area contributed by atoms with E-state index in [9.17, 15) is 18.0 Å². The summed E-state index contributed by atoms with van der Waals surface area (Å²) in [7, 11) is -3.81. The third-order valence-electron chi connectivity index (χ3n) is 4.40. The van der Waals surface area contributed by atoms with Crippen LogP contribution in [0.15, 0.2) is 48.5 Å². The van der Waals surface area contributed by atoms with Gasteiger partial charge in [-0.15, -0.1) is 0 Å². The van der Waals surface area contributed by atoms with Crippen molar-refractivity contribution in [2.45, 2.75) is 26.8 Å². The zero-order chi connectivity index (χ0) is 23.2. The Morgan fingerprint density at radius 1 is 1.00 bits per heavy atom. The fraction of sp³-hybridized carbons (Fsp3) is 0.333. The van der Waals surface area contributed by atoms with E-state index in [2.05, 4.69) is 5.32 Å². The third-order valence-corrected chi connectivity index (χ3v) is 5.56. The summed E-state index contributed by atoms with van der Waals surface area (Å²) in [5.41, 5.74) is 2.83. The molecule has 0 saturated heterocycles. The molecular formula is C21H27N3O6S. The number of hydrogen-bond acceptors (Lipinski definition) is 6. The van der Waals surface area contributed by atoms with Crippen molar-refractivity contribution < 1.29 is 28.0 Å². The van der Waals surface area contributed by atoms with E-state index >= 15 is 0 Å². The standard InChI is InChI=1S/C21H27N3O6S/c1-14(2)20(25)22-19(21(26)23-27)13-24(31(4,28)29)16-7-11-18(12-8-16)30-17-9-5-15(3)6-10-17/h5-12,14,19,27H,13H2,1-4H3,(H,22,25)(H,23,26)/t19-/m0/s1. The molecule has 0 fully saturated rings. The van der Waals surface area contributed by atoms with E-state index in [0.717, 1.165) is 16.1 Å². The number of nitrogens with one attached hydrogen (secondary N) is 2. The van der Waals surface area contributed by atoms with Gasteiger partial charge in [-0.3, -0.25) is 19.1 Å². The number of aryl methyl sites for hydroxylation is 1. The van der Waals surface area contributed by atoms with E-state index in [1.54, 1.807) is 26.0 Å². The molecule has 0 saturated carbocycles. The highest BCUT2D eigenvalue weighted by atomic mass is 32.2. The van der Waals surface area contributed by atoms with Gasteiger partial charge in [-0.1, -0.05) is 31.5 Å². The molecule has 168 valence electrons. The summed E-state index contributed by atoms with van der Waals surface area (Å²) in [6, 6.07) is 12.4. The molecule has 9 nitrogen and oxygen atoms in total. The molecule has 0 radical (unpaired) electrons. The summed E-state index contributed by atoms with van der Waals surface area (Å²) in [5.74, 6) is -0.682. The Bertz CT molecular complexity index is 1000. The maximum Gasteiger partial charge on any atom is 0.267 e. The van der Waals surface area contributed by atoms with Gasteiger partial charge in [-0.25, -0.2) is 13.9 Å². The van der Waals surface area contributed by atoms with Gasteiger partial charge in [0, 0.05) is 5.92 Å². The Morgan fingerprint density at radius 3 is 1.97 bits per heavy atom. The normalized spacial score (nSPS) is 12.2. The summed E-state index contributed by atoms with van der Waals surface area (Å²) in [6.07, 6.45) is 0.988. The minimum Gasteiger partial charge on any atom is -0.457 e. The van der Waals surface area contributed by atoms with Crippen LogP contribution in [-0.4, -0.2) is 44.3 Å². The molecule has 10 heteroatoms. The first-order valence-electron chi connectivity index (χ1n) is 9.58. The van der Waals surface area contributed by atoms with E-state index in [1.165, 1.54) is 17.6 Å². The highest BCUT2D eigenvalue weighted by Crippen LogP contribution is 2.26. The smallest absolute Gasteiger partial charge is 0.267 e. The molecule has 31 heavy (non-hydrogen) atoms. The van der Waals surface area contributed by atoms with Gasteiger partial charge in [0.25, 0.3) is 5.91 Å². The number of anilines is 1. The zero-order valence-corrected chi connectivity index (χ0v) is 18.6. The number of hydroxylamine groups is 1. The van der Waals surface area contributed by atoms with Crippen molar-refractivity contribution in [2.24, 2.45) is 5.92 Å². The van der Waals surface area contributed by atoms with E-state index < -0.39 is 40.3 Å². The lowest BCUT2D eigenvalue weighted by Crippen LogP contribution is -2.54. The summed E-state index contributed by atoms with van der Waals surface area (Å²) >= 11 is 0. The Hall–Kier alpha value is -3.11. The van der Waals surface area contributed by atoms with Crippen molar-refractivity contribution in [3.05, 3.63) is 54.1 Å². The minimum absolute atomic E-state index is 0.272. The first-order chi connectivity index (χ1) is 14.5. The van der Waals surface area contributed by atoms with Crippen LogP contribution in [0.1, 0.15) is 19.4 Å². The summed E-state index contributed by atoms with van der Waals surface area (Å²) in [6.45, 7) is 4.82. The fourth-order valence-corrected chi connectivity index (χ4v) is 3.56. The molecule has 0 aliphatic carbocycles. The van der Waals surface area contributed by atoms with Crippen LogP contribution in [-0.2, 0) is 19.6 Å². The average Bonchev–Trinajstić information content (AvgIpc) is 2.71. The Morgan fingerprint density at radius 2 is 1.52 bits per heavy atom. The quantitative estimate of drug-likeness (QED) is 0.398. The highest BCUT2D eigenvalue weighted by Gasteiger charge is 2.28. The molecule has 0 aromatic heterocycles. The molecular weight excluding hydrogens is 422 g/mol. The van der Waals surface area contributed by atoms with Gasteiger partial charge in [0.1, 0.15) is 17.5 Å². The van der Waals surface area contributed by atoms with E-state index in [-0.39, 0.29) is 5.69 Å². The molecule has 0 aliphatic rings. The lowest BCUT2D eigenvalue weighted by Gasteiger charge is -2.27. The monoisotopic (exact) mass is 449 g/mol. The highest BCUT2D eigenvalue weighted by molar-refractivity contribution is 7.92. The van der Waals surface area contributed by atoms with Crippen LogP contribution in [0, 0.1) is 12.8 Å². The molecule has 2 amide bonds. The maximum atomic E-state index is 12.4. The van der Waals surface area contributed by atoms with E-state index in [0.29, 0.717) is 11.5 Å². The molecule has 2 aromatic rings. The number of nitrogens with zero attached hydrogens (tertiary/aromatic N) is 1. The largest absolute Gasteiger partial charge is 0.457 e. The van der Waals surface area contributed by atoms with Crippen LogP contribution in [0.4, 0.5) is 5.69 Å². The molecule has 0 bridgehead atoms. The van der Waals surface area contributed by atoms with E-state index in [1.807, 2.05) is 31.2 Å². The SMILES string of the molecule is Cc1ccc(Oc2ccc(N(C[C@H](NC(=O)C(C)C)C(=O)NO)S(C)(=O)=O)cc2)cc1. The van der Waals surface area contributed by atoms with Crippen LogP contribution in [0.2, 0.25) is 0 Å². The number of ether oxygens (including phenoxy) is 1. The molecule has 0 aliphatic heterocycles. The van der Waals surface area contributed by atoms with Crippen molar-refractivity contribution >= 4 is 27.5 Å². The molecule has 0 spiro atoms. The average molecular weight is 450 g/mol. The Labute approximate surface area is 182 Å². The van der Waals surface area contributed by atoms with Crippen molar-refractivity contribution in [3.63, 3.8) is 0 Å². The van der Waals surface area contributed by atoms with Crippen molar-refractivity contribution in [1.29, 1.82) is 0 Å². The zero-order valence-electron chi connectivity index (χ0n) is 17.8. The predicted octanol–water partition coefficient (Wildman–Crippen LogP) is 2.20. The molecule has 3 N–H and O–H groups in total. The maximum absolute atomic E-state index is 12.4. The molecule has 1 atom stereocenters. The van der Waals surface area contributed by atoms with Crippen LogP contribution < -0.4 is 19.8 Å². The Kier molecular flexibility index (Phi) is 8.01. The number of benzene rings is 2. The second-order valence-corrected chi connectivity index (χ2v) is 9.30. The fourth-order valence-electron chi connectivity index (χ4n) is 2.63. The van der Waals surface area contributed by atoms with Crippen LogP contribution in [0.5, 0.6) is 11.5 Å². The van der Waals surface area contributed by atoms with Gasteiger partial charge in [0.05, 0.1) is 18.5 Å². The number of sulfonamides is 1. The van der Waals surface area contributed by atoms with Gasteiger partial charge in [-0.05, 0) is 43.3 Å². The van der Waals surface area contributed by atoms with Crippen LogP contribution in [0.3, 0.4) is 0 Å². The second-order valence-electron chi connectivity index (χ2n) is 7.40.